The molecule has 0 spiro atoms. The lowest BCUT2D eigenvalue weighted by molar-refractivity contribution is -0.123. The number of aliphatic imine (C=N–C) groups is 1. The van der Waals surface area contributed by atoms with Crippen molar-refractivity contribution in [1.29, 1.82) is 0 Å². The van der Waals surface area contributed by atoms with Gasteiger partial charge in [-0.15, -0.1) is 0 Å². The van der Waals surface area contributed by atoms with Crippen molar-refractivity contribution in [2.45, 2.75) is 67.2 Å². The molecule has 2 aromatic carbocycles. The van der Waals surface area contributed by atoms with Crippen molar-refractivity contribution >= 4 is 34.4 Å². The summed E-state index contributed by atoms with van der Waals surface area (Å²) in [6, 6.07) is 14.5. The summed E-state index contributed by atoms with van der Waals surface area (Å²) >= 11 is 0. The molecule has 2 aliphatic carbocycles. The zero-order valence-electron chi connectivity index (χ0n) is 26.4. The van der Waals surface area contributed by atoms with Crippen LogP contribution in [0.1, 0.15) is 67.2 Å². The van der Waals surface area contributed by atoms with Crippen molar-refractivity contribution in [2.75, 3.05) is 20.0 Å². The number of nitrogens with two attached hydrogens (primary N) is 1. The van der Waals surface area contributed by atoms with Gasteiger partial charge in [0.05, 0.1) is 36.8 Å². The maximum atomic E-state index is 12.2. The van der Waals surface area contributed by atoms with Crippen LogP contribution in [0, 0.1) is 10.8 Å². The van der Waals surface area contributed by atoms with E-state index >= 15 is 0 Å². The first kappa shape index (κ1) is 34.8. The number of methoxy groups -OCH3 is 2. The molecule has 232 valence electrons. The number of rotatable bonds is 5. The lowest BCUT2D eigenvalue weighted by atomic mass is 9.76. The summed E-state index contributed by atoms with van der Waals surface area (Å²) in [6.07, 6.45) is 1.69. The Morgan fingerprint density at radius 1 is 0.721 bits per heavy atom. The van der Waals surface area contributed by atoms with E-state index in [2.05, 4.69) is 4.99 Å². The molecule has 0 bridgehead atoms. The number of hydrogen-bond acceptors (Lipinski definition) is 9. The van der Waals surface area contributed by atoms with E-state index in [4.69, 9.17) is 15.2 Å². The molecular weight excluding hydrogens is 548 g/mol. The molecule has 0 aliphatic heterocycles. The number of Topliss-reactive ketones (excluding diaryl/α,β-unsaturated/α-hetero) is 3. The van der Waals surface area contributed by atoms with Gasteiger partial charge in [0.2, 0.25) is 0 Å². The summed E-state index contributed by atoms with van der Waals surface area (Å²) in [5.41, 5.74) is 7.42. The third-order valence-electron chi connectivity index (χ3n) is 6.90. The number of ketones is 3. The van der Waals surface area contributed by atoms with Gasteiger partial charge < -0.3 is 25.4 Å². The van der Waals surface area contributed by atoms with Crippen LogP contribution in [0.15, 0.2) is 76.2 Å². The fourth-order valence-electron chi connectivity index (χ4n) is 4.90. The summed E-state index contributed by atoms with van der Waals surface area (Å²) < 4.78 is 10.0. The molecule has 0 aromatic heterocycles. The van der Waals surface area contributed by atoms with Crippen LogP contribution in [-0.4, -0.2) is 47.5 Å². The lowest BCUT2D eigenvalue weighted by Gasteiger charge is -2.29. The van der Waals surface area contributed by atoms with Crippen molar-refractivity contribution in [3.8, 4) is 11.5 Å². The number of aliphatic hydroxyl groups is 2. The second kappa shape index (κ2) is 14.7. The molecule has 4 N–H and O–H groups in total. The van der Waals surface area contributed by atoms with Crippen LogP contribution in [0.25, 0.3) is 0 Å². The number of carbonyl (C=O) groups is 3. The summed E-state index contributed by atoms with van der Waals surface area (Å²) in [6.45, 7) is 10.8. The van der Waals surface area contributed by atoms with Crippen molar-refractivity contribution in [3.05, 3.63) is 71.2 Å². The number of benzene rings is 2. The van der Waals surface area contributed by atoms with Gasteiger partial charge in [0, 0.05) is 31.4 Å². The third-order valence-corrected chi connectivity index (χ3v) is 6.90. The highest BCUT2D eigenvalue weighted by Gasteiger charge is 2.35. The van der Waals surface area contributed by atoms with E-state index in [0.717, 1.165) is 22.9 Å². The van der Waals surface area contributed by atoms with Gasteiger partial charge in [-0.1, -0.05) is 27.7 Å². The second-order valence-corrected chi connectivity index (χ2v) is 12.2. The minimum Gasteiger partial charge on any atom is -0.511 e. The van der Waals surface area contributed by atoms with Crippen LogP contribution >= 0.6 is 0 Å². The minimum absolute atomic E-state index is 0.000625. The molecule has 4 rings (SSSR count). The van der Waals surface area contributed by atoms with E-state index in [1.165, 1.54) is 6.92 Å². The quantitative estimate of drug-likeness (QED) is 0.190. The third kappa shape index (κ3) is 10.4. The summed E-state index contributed by atoms with van der Waals surface area (Å²) in [7, 11) is 3.24. The first-order chi connectivity index (χ1) is 20.0. The fraction of sp³-hybridized carbons (Fsp3) is 0.412. The van der Waals surface area contributed by atoms with Crippen LogP contribution in [0.5, 0.6) is 11.5 Å². The van der Waals surface area contributed by atoms with Gasteiger partial charge in [-0.25, -0.2) is 0 Å². The van der Waals surface area contributed by atoms with E-state index in [1.54, 1.807) is 33.3 Å². The van der Waals surface area contributed by atoms with Gasteiger partial charge >= 0.3 is 0 Å². The molecule has 0 radical (unpaired) electrons. The van der Waals surface area contributed by atoms with Crippen molar-refractivity contribution in [3.63, 3.8) is 0 Å². The Morgan fingerprint density at radius 2 is 1.12 bits per heavy atom. The largest absolute Gasteiger partial charge is 0.511 e. The van der Waals surface area contributed by atoms with Crippen LogP contribution in [0.2, 0.25) is 0 Å². The number of allylic oxidation sites excluding steroid dienone is 4. The van der Waals surface area contributed by atoms with Crippen LogP contribution in [0.3, 0.4) is 0 Å². The SMILES string of the molecule is CC(=O)C1=C(O)CC(C)(C)CC1=O.COc1ccc(N)cc1.COc1ccc(N=C(C)C2=C(O)CC(C)(C)CC2=O)cc1. The first-order valence-electron chi connectivity index (χ1n) is 14.0. The molecule has 0 fully saturated rings. The van der Waals surface area contributed by atoms with Crippen molar-refractivity contribution in [1.82, 2.24) is 0 Å². The Balaban J connectivity index is 0.000000249. The molecule has 0 heterocycles. The average Bonchev–Trinajstić information content (AvgIpc) is 2.88. The average molecular weight is 593 g/mol. The Kier molecular flexibility index (Phi) is 11.9. The molecule has 9 nitrogen and oxygen atoms in total. The molecule has 2 aromatic rings. The topological polar surface area (TPSA) is 149 Å². The van der Waals surface area contributed by atoms with E-state index in [0.29, 0.717) is 37.0 Å². The number of anilines is 1. The minimum atomic E-state index is -0.335. The molecule has 0 saturated carbocycles. The van der Waals surface area contributed by atoms with Crippen LogP contribution in [-0.2, 0) is 14.4 Å². The normalized spacial score (nSPS) is 17.7. The van der Waals surface area contributed by atoms with Crippen molar-refractivity contribution < 1.29 is 34.1 Å². The number of aliphatic hydroxyl groups excluding tert-OH is 2. The molecule has 0 unspecified atom stereocenters. The van der Waals surface area contributed by atoms with Crippen LogP contribution in [0.4, 0.5) is 11.4 Å². The molecule has 0 saturated heterocycles. The zero-order valence-corrected chi connectivity index (χ0v) is 26.4. The van der Waals surface area contributed by atoms with Crippen LogP contribution < -0.4 is 15.2 Å². The lowest BCUT2D eigenvalue weighted by Crippen LogP contribution is -2.28. The van der Waals surface area contributed by atoms with Gasteiger partial charge in [-0.3, -0.25) is 19.4 Å². The van der Waals surface area contributed by atoms with Gasteiger partial charge in [0.15, 0.2) is 17.3 Å². The smallest absolute Gasteiger partial charge is 0.170 e. The molecule has 9 heteroatoms. The predicted molar refractivity (Wildman–Crippen MR) is 169 cm³/mol. The summed E-state index contributed by atoms with van der Waals surface area (Å²) in [4.78, 5) is 39.1. The van der Waals surface area contributed by atoms with Gasteiger partial charge in [0.1, 0.15) is 23.0 Å². The number of hydrogen-bond donors (Lipinski definition) is 3. The Bertz CT molecular complexity index is 1410. The van der Waals surface area contributed by atoms with Gasteiger partial charge in [0.25, 0.3) is 0 Å². The zero-order chi connectivity index (χ0) is 32.5. The Hall–Kier alpha value is -4.40. The highest BCUT2D eigenvalue weighted by Crippen LogP contribution is 2.37. The monoisotopic (exact) mass is 592 g/mol. The molecule has 43 heavy (non-hydrogen) atoms. The number of ether oxygens (including phenoxy) is 2. The van der Waals surface area contributed by atoms with Gasteiger partial charge in [-0.2, -0.15) is 0 Å². The molecular formula is C34H44N2O7. The maximum Gasteiger partial charge on any atom is 0.170 e. The number of nitrogen functional groups attached to an aromatic ring is 1. The second-order valence-electron chi connectivity index (χ2n) is 12.2. The fourth-order valence-corrected chi connectivity index (χ4v) is 4.90. The van der Waals surface area contributed by atoms with Gasteiger partial charge in [-0.05, 0) is 73.2 Å². The number of nitrogens with zero attached hydrogens (tertiary/aromatic N) is 1. The Morgan fingerprint density at radius 3 is 1.49 bits per heavy atom. The summed E-state index contributed by atoms with van der Waals surface area (Å²) in [5.74, 6) is 1.07. The highest BCUT2D eigenvalue weighted by molar-refractivity contribution is 6.23. The number of carbonyl (C=O) groups excluding carboxylic acids is 3. The Labute approximate surface area is 254 Å². The van der Waals surface area contributed by atoms with E-state index in [9.17, 15) is 24.6 Å². The predicted octanol–water partition coefficient (Wildman–Crippen LogP) is 7.04. The summed E-state index contributed by atoms with van der Waals surface area (Å²) in [5, 5.41) is 19.6. The van der Waals surface area contributed by atoms with E-state index in [-0.39, 0.29) is 45.3 Å². The maximum absolute atomic E-state index is 12.2. The molecule has 0 atom stereocenters. The molecule has 2 aliphatic rings. The van der Waals surface area contributed by atoms with E-state index in [1.807, 2.05) is 64.1 Å². The first-order valence-corrected chi connectivity index (χ1v) is 14.0. The van der Waals surface area contributed by atoms with Crippen molar-refractivity contribution in [2.24, 2.45) is 15.8 Å². The van der Waals surface area contributed by atoms with E-state index < -0.39 is 0 Å². The standard InChI is InChI=1S/C17H21NO3.C10H14O3.C7H9NO/c1-11(18-12-5-7-13(21-4)8-6-12)16-14(19)9-17(2,3)10-15(16)20;1-6(11)9-7(12)4-10(2,3)5-8(9)13;1-9-7-4-2-6(8)3-5-7/h5-8,19H,9-10H2,1-4H3;12H,4-5H2,1-3H3;2-5H,8H2,1H3. The molecule has 0 amide bonds. The highest BCUT2D eigenvalue weighted by atomic mass is 16.5.